The summed E-state index contributed by atoms with van der Waals surface area (Å²) in [6.45, 7) is 4.87. The van der Waals surface area contributed by atoms with E-state index in [9.17, 15) is 13.6 Å². The van der Waals surface area contributed by atoms with Crippen molar-refractivity contribution < 1.29 is 18.3 Å². The van der Waals surface area contributed by atoms with E-state index in [1.54, 1.807) is 6.07 Å². The highest BCUT2D eigenvalue weighted by Crippen LogP contribution is 2.52. The van der Waals surface area contributed by atoms with Crippen LogP contribution < -0.4 is 10.6 Å². The number of benzene rings is 1. The number of rotatable bonds is 3. The zero-order valence-electron chi connectivity index (χ0n) is 12.6. The van der Waals surface area contributed by atoms with Crippen LogP contribution in [0.3, 0.4) is 0 Å². The first-order chi connectivity index (χ1) is 10.4. The van der Waals surface area contributed by atoms with Crippen LogP contribution in [-0.2, 0) is 4.74 Å². The molecule has 1 heterocycles. The molecule has 1 saturated carbocycles. The second-order valence-electron chi connectivity index (χ2n) is 6.57. The lowest BCUT2D eigenvalue weighted by atomic mass is 9.57. The number of carbonyl (C=O) groups excluding carboxylic acids is 1. The number of halogens is 2. The number of ether oxygens (including phenoxy) is 1. The number of anilines is 1. The van der Waals surface area contributed by atoms with Gasteiger partial charge in [0.25, 0.3) is 6.43 Å². The summed E-state index contributed by atoms with van der Waals surface area (Å²) in [5.74, 6) is 0.341. The molecule has 2 amide bonds. The normalized spacial score (nSPS) is 28.9. The smallest absolute Gasteiger partial charge is 0.319 e. The van der Waals surface area contributed by atoms with Crippen LogP contribution >= 0.6 is 0 Å². The highest BCUT2D eigenvalue weighted by Gasteiger charge is 2.59. The number of fused-ring (bicyclic) bond motifs is 1. The second-order valence-corrected chi connectivity index (χ2v) is 6.57. The number of hydrogen-bond acceptors (Lipinski definition) is 2. The zero-order chi connectivity index (χ0) is 15.9. The molecule has 1 aliphatic heterocycles. The average molecular weight is 310 g/mol. The first-order valence-electron chi connectivity index (χ1n) is 7.47. The van der Waals surface area contributed by atoms with Crippen LogP contribution in [0, 0.1) is 11.3 Å². The summed E-state index contributed by atoms with van der Waals surface area (Å²) in [6, 6.07) is 5.40. The molecular formula is C16H20F2N2O2. The fourth-order valence-electron chi connectivity index (χ4n) is 3.68. The lowest BCUT2D eigenvalue weighted by molar-refractivity contribution is -0.107. The Kier molecular flexibility index (Phi) is 3.80. The first-order valence-corrected chi connectivity index (χ1v) is 7.47. The Labute approximate surface area is 128 Å². The van der Waals surface area contributed by atoms with Gasteiger partial charge < -0.3 is 15.4 Å². The van der Waals surface area contributed by atoms with Crippen molar-refractivity contribution in [2.24, 2.45) is 11.3 Å². The third-order valence-corrected chi connectivity index (χ3v) is 4.78. The van der Waals surface area contributed by atoms with Gasteiger partial charge in [-0.25, -0.2) is 13.6 Å². The van der Waals surface area contributed by atoms with Crippen molar-refractivity contribution in [3.8, 4) is 0 Å². The maximum Gasteiger partial charge on any atom is 0.319 e. The van der Waals surface area contributed by atoms with Gasteiger partial charge in [-0.2, -0.15) is 0 Å². The Morgan fingerprint density at radius 1 is 1.41 bits per heavy atom. The van der Waals surface area contributed by atoms with Crippen LogP contribution in [0.2, 0.25) is 0 Å². The molecule has 0 aromatic heterocycles. The monoisotopic (exact) mass is 310 g/mol. The maximum atomic E-state index is 12.7. The molecule has 1 aromatic rings. The predicted molar refractivity (Wildman–Crippen MR) is 79.0 cm³/mol. The quantitative estimate of drug-likeness (QED) is 0.897. The summed E-state index contributed by atoms with van der Waals surface area (Å²) in [7, 11) is 0. The van der Waals surface area contributed by atoms with Crippen LogP contribution in [0.1, 0.15) is 32.3 Å². The van der Waals surface area contributed by atoms with Gasteiger partial charge in [0.15, 0.2) is 0 Å². The molecule has 2 N–H and O–H groups in total. The van der Waals surface area contributed by atoms with Crippen molar-refractivity contribution in [2.75, 3.05) is 11.9 Å². The molecule has 4 nitrogen and oxygen atoms in total. The molecule has 2 aliphatic rings. The third kappa shape index (κ3) is 2.56. The van der Waals surface area contributed by atoms with Crippen molar-refractivity contribution in [3.63, 3.8) is 0 Å². The van der Waals surface area contributed by atoms with Gasteiger partial charge in [0, 0.05) is 35.2 Å². The Balaban J connectivity index is 1.62. The van der Waals surface area contributed by atoms with Gasteiger partial charge in [0.2, 0.25) is 0 Å². The second kappa shape index (κ2) is 5.50. The Morgan fingerprint density at radius 2 is 2.18 bits per heavy atom. The Morgan fingerprint density at radius 3 is 2.91 bits per heavy atom. The van der Waals surface area contributed by atoms with Crippen LogP contribution in [-0.4, -0.2) is 24.8 Å². The Hall–Kier alpha value is -1.69. The van der Waals surface area contributed by atoms with Gasteiger partial charge in [-0.3, -0.25) is 0 Å². The number of carbonyl (C=O) groups is 1. The number of alkyl halides is 2. The van der Waals surface area contributed by atoms with Gasteiger partial charge in [-0.15, -0.1) is 0 Å². The molecule has 120 valence electrons. The molecule has 3 rings (SSSR count). The molecule has 1 saturated heterocycles. The topological polar surface area (TPSA) is 50.4 Å². The number of hydrogen-bond donors (Lipinski definition) is 2. The average Bonchev–Trinajstić information content (AvgIpc) is 2.92. The highest BCUT2D eigenvalue weighted by molar-refractivity contribution is 5.89. The van der Waals surface area contributed by atoms with E-state index in [-0.39, 0.29) is 29.2 Å². The van der Waals surface area contributed by atoms with Crippen molar-refractivity contribution >= 4 is 11.7 Å². The molecule has 0 radical (unpaired) electrons. The van der Waals surface area contributed by atoms with E-state index < -0.39 is 6.43 Å². The number of urea groups is 1. The minimum absolute atomic E-state index is 0.0401. The summed E-state index contributed by atoms with van der Waals surface area (Å²) in [5.41, 5.74) is 0.154. The molecule has 1 aliphatic carbocycles. The fourth-order valence-corrected chi connectivity index (χ4v) is 3.68. The molecule has 0 bridgehead atoms. The third-order valence-electron chi connectivity index (χ3n) is 4.78. The highest BCUT2D eigenvalue weighted by atomic mass is 19.3. The van der Waals surface area contributed by atoms with Crippen molar-refractivity contribution in [2.45, 2.75) is 38.8 Å². The van der Waals surface area contributed by atoms with Crippen molar-refractivity contribution in [1.82, 2.24) is 5.32 Å². The molecule has 1 aromatic carbocycles. The minimum atomic E-state index is -2.55. The van der Waals surface area contributed by atoms with Crippen molar-refractivity contribution in [3.05, 3.63) is 29.8 Å². The van der Waals surface area contributed by atoms with Gasteiger partial charge in [0.1, 0.15) is 0 Å². The van der Waals surface area contributed by atoms with Gasteiger partial charge >= 0.3 is 6.03 Å². The van der Waals surface area contributed by atoms with E-state index in [1.165, 1.54) is 18.2 Å². The van der Waals surface area contributed by atoms with E-state index in [4.69, 9.17) is 4.74 Å². The van der Waals surface area contributed by atoms with E-state index in [1.807, 2.05) is 0 Å². The molecule has 22 heavy (non-hydrogen) atoms. The number of amides is 2. The van der Waals surface area contributed by atoms with E-state index in [0.717, 1.165) is 13.0 Å². The number of nitrogens with one attached hydrogen (secondary N) is 2. The van der Waals surface area contributed by atoms with E-state index in [2.05, 4.69) is 24.5 Å². The first kappa shape index (κ1) is 15.2. The van der Waals surface area contributed by atoms with Crippen LogP contribution in [0.15, 0.2) is 24.3 Å². The van der Waals surface area contributed by atoms with E-state index in [0.29, 0.717) is 11.6 Å². The van der Waals surface area contributed by atoms with Crippen LogP contribution in [0.25, 0.3) is 0 Å². The van der Waals surface area contributed by atoms with Crippen LogP contribution in [0.5, 0.6) is 0 Å². The molecule has 0 spiro atoms. The predicted octanol–water partition coefficient (Wildman–Crippen LogP) is 3.56. The zero-order valence-corrected chi connectivity index (χ0v) is 12.6. The maximum absolute atomic E-state index is 12.7. The molecular weight excluding hydrogens is 290 g/mol. The molecule has 0 unspecified atom stereocenters. The van der Waals surface area contributed by atoms with Crippen molar-refractivity contribution in [1.29, 1.82) is 0 Å². The van der Waals surface area contributed by atoms with E-state index >= 15 is 0 Å². The van der Waals surface area contributed by atoms with Gasteiger partial charge in [0.05, 0.1) is 6.10 Å². The summed E-state index contributed by atoms with van der Waals surface area (Å²) < 4.78 is 31.0. The summed E-state index contributed by atoms with van der Waals surface area (Å²) in [4.78, 5) is 12.1. The molecule has 2 fully saturated rings. The van der Waals surface area contributed by atoms with Gasteiger partial charge in [-0.05, 0) is 18.6 Å². The Bertz CT molecular complexity index is 577. The largest absolute Gasteiger partial charge is 0.377 e. The summed E-state index contributed by atoms with van der Waals surface area (Å²) in [5, 5.41) is 5.59. The minimum Gasteiger partial charge on any atom is -0.377 e. The molecule has 3 atom stereocenters. The van der Waals surface area contributed by atoms with Crippen LogP contribution in [0.4, 0.5) is 19.3 Å². The SMILES string of the molecule is CC1(C)[C@H](NC(=O)Nc2cccc(C(F)F)c2)[C@@H]2CCO[C@H]21. The molecule has 6 heteroatoms. The summed E-state index contributed by atoms with van der Waals surface area (Å²) >= 11 is 0. The standard InChI is InChI=1S/C16H20F2N2O2/c1-16(2)12(11-6-7-22-13(11)16)20-15(21)19-10-5-3-4-9(8-10)14(17)18/h3-5,8,11-14H,6-7H2,1-2H3,(H2,19,20,21)/t11-,12+,13+/m0/s1. The van der Waals surface area contributed by atoms with Gasteiger partial charge in [-0.1, -0.05) is 26.0 Å². The summed E-state index contributed by atoms with van der Waals surface area (Å²) in [6.07, 6.45) is -1.41. The lowest BCUT2D eigenvalue weighted by Crippen LogP contribution is -2.67. The fraction of sp³-hybridized carbons (Fsp3) is 0.562. The lowest BCUT2D eigenvalue weighted by Gasteiger charge is -2.54.